The number of benzene rings is 1. The van der Waals surface area contributed by atoms with Crippen molar-refractivity contribution in [3.05, 3.63) is 66.5 Å². The van der Waals surface area contributed by atoms with Crippen LogP contribution in [0.25, 0.3) is 11.3 Å². The summed E-state index contributed by atoms with van der Waals surface area (Å²) in [6.45, 7) is 1.72. The minimum atomic E-state index is -4.46. The first-order chi connectivity index (χ1) is 15.4. The maximum absolute atomic E-state index is 12.8. The Morgan fingerprint density at radius 3 is 2.47 bits per heavy atom. The number of aromatic nitrogens is 3. The second-order valence-corrected chi connectivity index (χ2v) is 7.20. The number of halogens is 3. The minimum Gasteiger partial charge on any atom is -0.484 e. The zero-order valence-corrected chi connectivity index (χ0v) is 17.0. The summed E-state index contributed by atoms with van der Waals surface area (Å²) < 4.78 is 43.7. The normalized spacial score (nSPS) is 14.3. The van der Waals surface area contributed by atoms with E-state index in [4.69, 9.17) is 4.74 Å². The number of nitrogens with zero attached hydrogens (tertiary/aromatic N) is 5. The molecule has 3 aromatic rings. The van der Waals surface area contributed by atoms with Gasteiger partial charge in [0.25, 0.3) is 5.91 Å². The molecule has 166 valence electrons. The lowest BCUT2D eigenvalue weighted by molar-refractivity contribution is -0.137. The molecular formula is C22H20F3N5O2. The molecule has 1 saturated heterocycles. The SMILES string of the molecule is O=C(COc1cccc(C(F)(F)F)c1)N1CCN(c2ccc(-c3cccnc3)nn2)CC1. The molecule has 1 aliphatic rings. The predicted molar refractivity (Wildman–Crippen MR) is 111 cm³/mol. The van der Waals surface area contributed by atoms with Crippen LogP contribution in [0.1, 0.15) is 5.56 Å². The number of pyridine rings is 1. The van der Waals surface area contributed by atoms with Crippen LogP contribution in [0, 0.1) is 0 Å². The van der Waals surface area contributed by atoms with Gasteiger partial charge in [0, 0.05) is 44.1 Å². The molecule has 4 rings (SSSR count). The van der Waals surface area contributed by atoms with Crippen LogP contribution in [0.2, 0.25) is 0 Å². The van der Waals surface area contributed by atoms with Crippen molar-refractivity contribution in [1.29, 1.82) is 0 Å². The van der Waals surface area contributed by atoms with Gasteiger partial charge in [0.05, 0.1) is 11.3 Å². The third-order valence-electron chi connectivity index (χ3n) is 5.09. The fraction of sp³-hybridized carbons (Fsp3) is 0.273. The maximum Gasteiger partial charge on any atom is 0.416 e. The summed E-state index contributed by atoms with van der Waals surface area (Å²) in [5.41, 5.74) is 0.789. The molecule has 0 unspecified atom stereocenters. The first-order valence-electron chi connectivity index (χ1n) is 9.97. The number of hydrogen-bond acceptors (Lipinski definition) is 6. The number of hydrogen-bond donors (Lipinski definition) is 0. The quantitative estimate of drug-likeness (QED) is 0.603. The topological polar surface area (TPSA) is 71.5 Å². The lowest BCUT2D eigenvalue weighted by atomic mass is 10.2. The van der Waals surface area contributed by atoms with Crippen molar-refractivity contribution in [2.24, 2.45) is 0 Å². The summed E-state index contributed by atoms with van der Waals surface area (Å²) in [6, 6.07) is 12.0. The first-order valence-corrected chi connectivity index (χ1v) is 9.97. The van der Waals surface area contributed by atoms with Gasteiger partial charge < -0.3 is 14.5 Å². The molecule has 0 N–H and O–H groups in total. The van der Waals surface area contributed by atoms with E-state index in [0.717, 1.165) is 23.4 Å². The molecule has 0 aliphatic carbocycles. The second kappa shape index (κ2) is 9.21. The molecule has 1 amide bonds. The zero-order chi connectivity index (χ0) is 22.6. The van der Waals surface area contributed by atoms with Gasteiger partial charge in [-0.15, -0.1) is 10.2 Å². The molecule has 0 bridgehead atoms. The number of carbonyl (C=O) groups is 1. The molecule has 32 heavy (non-hydrogen) atoms. The van der Waals surface area contributed by atoms with E-state index < -0.39 is 11.7 Å². The fourth-order valence-electron chi connectivity index (χ4n) is 3.35. The van der Waals surface area contributed by atoms with Crippen LogP contribution in [-0.4, -0.2) is 58.8 Å². The molecule has 1 aliphatic heterocycles. The third kappa shape index (κ3) is 5.13. The number of amides is 1. The lowest BCUT2D eigenvalue weighted by Crippen LogP contribution is -2.50. The van der Waals surface area contributed by atoms with Crippen molar-refractivity contribution < 1.29 is 22.7 Å². The Morgan fingerprint density at radius 1 is 1.00 bits per heavy atom. The van der Waals surface area contributed by atoms with Gasteiger partial charge in [-0.05, 0) is 42.5 Å². The lowest BCUT2D eigenvalue weighted by Gasteiger charge is -2.35. The fourth-order valence-corrected chi connectivity index (χ4v) is 3.35. The number of ether oxygens (including phenoxy) is 1. The summed E-state index contributed by atoms with van der Waals surface area (Å²) >= 11 is 0. The third-order valence-corrected chi connectivity index (χ3v) is 5.09. The summed E-state index contributed by atoms with van der Waals surface area (Å²) in [7, 11) is 0. The van der Waals surface area contributed by atoms with E-state index in [9.17, 15) is 18.0 Å². The Kier molecular flexibility index (Phi) is 6.20. The Bertz CT molecular complexity index is 1050. The number of rotatable bonds is 5. The van der Waals surface area contributed by atoms with Crippen LogP contribution in [0.5, 0.6) is 5.75 Å². The van der Waals surface area contributed by atoms with Gasteiger partial charge in [-0.3, -0.25) is 9.78 Å². The molecule has 0 spiro atoms. The van der Waals surface area contributed by atoms with Crippen molar-refractivity contribution in [2.45, 2.75) is 6.18 Å². The molecular weight excluding hydrogens is 423 g/mol. The van der Waals surface area contributed by atoms with Crippen molar-refractivity contribution in [3.8, 4) is 17.0 Å². The van der Waals surface area contributed by atoms with E-state index in [1.165, 1.54) is 12.1 Å². The Hall–Kier alpha value is -3.69. The Morgan fingerprint density at radius 2 is 1.81 bits per heavy atom. The molecule has 10 heteroatoms. The van der Waals surface area contributed by atoms with Crippen molar-refractivity contribution in [3.63, 3.8) is 0 Å². The van der Waals surface area contributed by atoms with Gasteiger partial charge in [0.1, 0.15) is 5.75 Å². The van der Waals surface area contributed by atoms with Gasteiger partial charge >= 0.3 is 6.18 Å². The van der Waals surface area contributed by atoms with Crippen LogP contribution in [-0.2, 0) is 11.0 Å². The molecule has 3 heterocycles. The van der Waals surface area contributed by atoms with Gasteiger partial charge in [-0.2, -0.15) is 13.2 Å². The highest BCUT2D eigenvalue weighted by atomic mass is 19.4. The van der Waals surface area contributed by atoms with Crippen LogP contribution < -0.4 is 9.64 Å². The number of carbonyl (C=O) groups excluding carboxylic acids is 1. The number of piperazine rings is 1. The molecule has 0 atom stereocenters. The van der Waals surface area contributed by atoms with Crippen LogP contribution in [0.15, 0.2) is 60.9 Å². The minimum absolute atomic E-state index is 0.00999. The van der Waals surface area contributed by atoms with Gasteiger partial charge in [0.15, 0.2) is 12.4 Å². The molecule has 2 aromatic heterocycles. The molecule has 1 aromatic carbocycles. The van der Waals surface area contributed by atoms with Gasteiger partial charge in [-0.25, -0.2) is 0 Å². The number of anilines is 1. The average molecular weight is 443 g/mol. The monoisotopic (exact) mass is 443 g/mol. The molecule has 1 fully saturated rings. The maximum atomic E-state index is 12.8. The van der Waals surface area contributed by atoms with E-state index in [-0.39, 0.29) is 18.3 Å². The summed E-state index contributed by atoms with van der Waals surface area (Å²) in [5, 5.41) is 8.53. The molecule has 7 nitrogen and oxygen atoms in total. The zero-order valence-electron chi connectivity index (χ0n) is 17.0. The summed E-state index contributed by atoms with van der Waals surface area (Å²) in [5.74, 6) is 0.445. The molecule has 0 saturated carbocycles. The van der Waals surface area contributed by atoms with Crippen molar-refractivity contribution >= 4 is 11.7 Å². The smallest absolute Gasteiger partial charge is 0.416 e. The Labute approximate surface area is 182 Å². The highest BCUT2D eigenvalue weighted by Gasteiger charge is 2.30. The van der Waals surface area contributed by atoms with Crippen molar-refractivity contribution in [2.75, 3.05) is 37.7 Å². The van der Waals surface area contributed by atoms with E-state index in [1.54, 1.807) is 17.3 Å². The van der Waals surface area contributed by atoms with E-state index >= 15 is 0 Å². The summed E-state index contributed by atoms with van der Waals surface area (Å²) in [4.78, 5) is 20.1. The van der Waals surface area contributed by atoms with E-state index in [1.807, 2.05) is 29.2 Å². The molecule has 0 radical (unpaired) electrons. The first kappa shape index (κ1) is 21.5. The highest BCUT2D eigenvalue weighted by molar-refractivity contribution is 5.78. The van der Waals surface area contributed by atoms with Crippen molar-refractivity contribution in [1.82, 2.24) is 20.1 Å². The standard InChI is InChI=1S/C22H20F3N5O2/c23-22(24,25)17-4-1-5-18(13-17)32-15-21(31)30-11-9-29(10-12-30)20-7-6-19(27-28-20)16-3-2-8-26-14-16/h1-8,13-14H,9-12,15H2. The van der Waals surface area contributed by atoms with Gasteiger partial charge in [0.2, 0.25) is 0 Å². The van der Waals surface area contributed by atoms with Crippen LogP contribution in [0.3, 0.4) is 0 Å². The van der Waals surface area contributed by atoms with Gasteiger partial charge in [-0.1, -0.05) is 6.07 Å². The number of alkyl halides is 3. The van der Waals surface area contributed by atoms with E-state index in [2.05, 4.69) is 15.2 Å². The predicted octanol–water partition coefficient (Wildman–Crippen LogP) is 3.29. The second-order valence-electron chi connectivity index (χ2n) is 7.20. The largest absolute Gasteiger partial charge is 0.484 e. The average Bonchev–Trinajstić information content (AvgIpc) is 2.83. The van der Waals surface area contributed by atoms with E-state index in [0.29, 0.717) is 32.0 Å². The summed E-state index contributed by atoms with van der Waals surface area (Å²) in [6.07, 6.45) is -1.05. The van der Waals surface area contributed by atoms with Crippen LogP contribution in [0.4, 0.5) is 19.0 Å². The van der Waals surface area contributed by atoms with Crippen LogP contribution >= 0.6 is 0 Å². The highest BCUT2D eigenvalue weighted by Crippen LogP contribution is 2.31. The Balaban J connectivity index is 1.28.